The first-order valence-electron chi connectivity index (χ1n) is 4.40. The molecule has 1 aromatic rings. The largest absolute Gasteiger partial charge is 0.271 e. The van der Waals surface area contributed by atoms with E-state index in [9.17, 15) is 0 Å². The Kier molecular flexibility index (Phi) is 3.68. The van der Waals surface area contributed by atoms with Crippen molar-refractivity contribution in [2.75, 3.05) is 0 Å². The zero-order valence-electron chi connectivity index (χ0n) is 7.96. The molecule has 1 unspecified atom stereocenters. The normalized spacial score (nSPS) is 12.5. The molecule has 1 rings (SSSR count). The van der Waals surface area contributed by atoms with Crippen LogP contribution in [-0.4, -0.2) is 6.04 Å². The lowest BCUT2D eigenvalue weighted by Gasteiger charge is -2.10. The molecule has 3 N–H and O–H groups in total. The first-order valence-corrected chi connectivity index (χ1v) is 4.40. The highest BCUT2D eigenvalue weighted by Crippen LogP contribution is 2.06. The first-order chi connectivity index (χ1) is 6.26. The van der Waals surface area contributed by atoms with Gasteiger partial charge in [-0.1, -0.05) is 35.9 Å². The SMILES string of the molecule is C=CC(Cc1cccc(C)c1)NN. The summed E-state index contributed by atoms with van der Waals surface area (Å²) in [5.41, 5.74) is 5.26. The van der Waals surface area contributed by atoms with Crippen molar-refractivity contribution in [1.29, 1.82) is 0 Å². The minimum atomic E-state index is 0.154. The van der Waals surface area contributed by atoms with Crippen LogP contribution in [0.3, 0.4) is 0 Å². The third-order valence-corrected chi connectivity index (χ3v) is 2.04. The molecule has 0 aliphatic rings. The van der Waals surface area contributed by atoms with E-state index in [2.05, 4.69) is 43.2 Å². The second-order valence-corrected chi connectivity index (χ2v) is 3.20. The molecule has 0 radical (unpaired) electrons. The standard InChI is InChI=1S/C11H16N2/c1-3-11(13-12)8-10-6-4-5-9(2)7-10/h3-7,11,13H,1,8,12H2,2H3. The van der Waals surface area contributed by atoms with Crippen LogP contribution in [0.4, 0.5) is 0 Å². The minimum absolute atomic E-state index is 0.154. The van der Waals surface area contributed by atoms with E-state index in [1.54, 1.807) is 0 Å². The molecule has 13 heavy (non-hydrogen) atoms. The molecule has 0 bridgehead atoms. The minimum Gasteiger partial charge on any atom is -0.271 e. The molecule has 1 aromatic carbocycles. The number of aryl methyl sites for hydroxylation is 1. The zero-order valence-corrected chi connectivity index (χ0v) is 7.96. The Morgan fingerprint density at radius 2 is 2.38 bits per heavy atom. The van der Waals surface area contributed by atoms with Gasteiger partial charge in [0.1, 0.15) is 0 Å². The summed E-state index contributed by atoms with van der Waals surface area (Å²) >= 11 is 0. The van der Waals surface area contributed by atoms with Gasteiger partial charge in [-0.25, -0.2) is 0 Å². The van der Waals surface area contributed by atoms with Gasteiger partial charge in [-0.2, -0.15) is 0 Å². The van der Waals surface area contributed by atoms with Crippen LogP contribution in [0, 0.1) is 6.92 Å². The first kappa shape index (κ1) is 9.96. The maximum absolute atomic E-state index is 5.35. The number of hydrogen-bond donors (Lipinski definition) is 2. The summed E-state index contributed by atoms with van der Waals surface area (Å²) < 4.78 is 0. The van der Waals surface area contributed by atoms with E-state index in [0.29, 0.717) is 0 Å². The predicted octanol–water partition coefficient (Wildman–Crippen LogP) is 1.56. The molecular weight excluding hydrogens is 160 g/mol. The molecule has 0 fully saturated rings. The number of nitrogens with one attached hydrogen (secondary N) is 1. The van der Waals surface area contributed by atoms with Crippen LogP contribution in [0.5, 0.6) is 0 Å². The van der Waals surface area contributed by atoms with Crippen LogP contribution in [-0.2, 0) is 6.42 Å². The number of benzene rings is 1. The molecule has 0 aromatic heterocycles. The molecule has 0 saturated carbocycles. The summed E-state index contributed by atoms with van der Waals surface area (Å²) in [4.78, 5) is 0. The lowest BCUT2D eigenvalue weighted by atomic mass is 10.0. The fourth-order valence-electron chi connectivity index (χ4n) is 1.30. The fraction of sp³-hybridized carbons (Fsp3) is 0.273. The lowest BCUT2D eigenvalue weighted by Crippen LogP contribution is -2.34. The summed E-state index contributed by atoms with van der Waals surface area (Å²) in [6, 6.07) is 8.56. The van der Waals surface area contributed by atoms with Gasteiger partial charge in [-0.05, 0) is 18.9 Å². The summed E-state index contributed by atoms with van der Waals surface area (Å²) in [6.45, 7) is 5.79. The van der Waals surface area contributed by atoms with Crippen molar-refractivity contribution in [3.8, 4) is 0 Å². The zero-order chi connectivity index (χ0) is 9.68. The second-order valence-electron chi connectivity index (χ2n) is 3.20. The van der Waals surface area contributed by atoms with Gasteiger partial charge >= 0.3 is 0 Å². The Morgan fingerprint density at radius 1 is 1.62 bits per heavy atom. The molecule has 0 aliphatic heterocycles. The number of nitrogens with two attached hydrogens (primary N) is 1. The van der Waals surface area contributed by atoms with Gasteiger partial charge in [0.05, 0.1) is 0 Å². The predicted molar refractivity (Wildman–Crippen MR) is 56.2 cm³/mol. The lowest BCUT2D eigenvalue weighted by molar-refractivity contribution is 0.618. The van der Waals surface area contributed by atoms with Gasteiger partial charge in [0, 0.05) is 6.04 Å². The van der Waals surface area contributed by atoms with Gasteiger partial charge in [-0.3, -0.25) is 11.3 Å². The fourth-order valence-corrected chi connectivity index (χ4v) is 1.30. The average Bonchev–Trinajstić information content (AvgIpc) is 2.14. The molecule has 0 saturated heterocycles. The average molecular weight is 176 g/mol. The van der Waals surface area contributed by atoms with Gasteiger partial charge in [0.25, 0.3) is 0 Å². The van der Waals surface area contributed by atoms with Crippen LogP contribution < -0.4 is 11.3 Å². The summed E-state index contributed by atoms with van der Waals surface area (Å²) in [5.74, 6) is 5.35. The number of hydrogen-bond acceptors (Lipinski definition) is 2. The van der Waals surface area contributed by atoms with E-state index in [1.165, 1.54) is 11.1 Å². The van der Waals surface area contributed by atoms with Gasteiger partial charge in [0.15, 0.2) is 0 Å². The van der Waals surface area contributed by atoms with Crippen molar-refractivity contribution in [3.63, 3.8) is 0 Å². The molecule has 0 aliphatic carbocycles. The summed E-state index contributed by atoms with van der Waals surface area (Å²) in [6.07, 6.45) is 2.71. The summed E-state index contributed by atoms with van der Waals surface area (Å²) in [7, 11) is 0. The monoisotopic (exact) mass is 176 g/mol. The smallest absolute Gasteiger partial charge is 0.0428 e. The van der Waals surface area contributed by atoms with Crippen LogP contribution in [0.2, 0.25) is 0 Å². The molecule has 1 atom stereocenters. The van der Waals surface area contributed by atoms with Gasteiger partial charge in [0.2, 0.25) is 0 Å². The number of rotatable bonds is 4. The number of hydrazine groups is 1. The molecular formula is C11H16N2. The van der Waals surface area contributed by atoms with Crippen LogP contribution >= 0.6 is 0 Å². The molecule has 2 nitrogen and oxygen atoms in total. The quantitative estimate of drug-likeness (QED) is 0.415. The third kappa shape index (κ3) is 3.01. The Hall–Kier alpha value is -1.12. The van der Waals surface area contributed by atoms with Crippen molar-refractivity contribution in [1.82, 2.24) is 5.43 Å². The molecule has 2 heteroatoms. The van der Waals surface area contributed by atoms with Crippen LogP contribution in [0.15, 0.2) is 36.9 Å². The maximum atomic E-state index is 5.35. The van der Waals surface area contributed by atoms with Gasteiger partial charge < -0.3 is 0 Å². The van der Waals surface area contributed by atoms with Crippen molar-refractivity contribution >= 4 is 0 Å². The van der Waals surface area contributed by atoms with Crippen LogP contribution in [0.1, 0.15) is 11.1 Å². The van der Waals surface area contributed by atoms with E-state index in [1.807, 2.05) is 6.08 Å². The third-order valence-electron chi connectivity index (χ3n) is 2.04. The highest BCUT2D eigenvalue weighted by molar-refractivity contribution is 5.23. The van der Waals surface area contributed by atoms with E-state index >= 15 is 0 Å². The molecule has 0 heterocycles. The summed E-state index contributed by atoms with van der Waals surface area (Å²) in [5, 5.41) is 0. The highest BCUT2D eigenvalue weighted by atomic mass is 15.2. The highest BCUT2D eigenvalue weighted by Gasteiger charge is 2.01. The topological polar surface area (TPSA) is 38.0 Å². The molecule has 0 spiro atoms. The Balaban J connectivity index is 2.67. The van der Waals surface area contributed by atoms with E-state index in [-0.39, 0.29) is 6.04 Å². The van der Waals surface area contributed by atoms with E-state index < -0.39 is 0 Å². The van der Waals surface area contributed by atoms with E-state index in [4.69, 9.17) is 5.84 Å². The van der Waals surface area contributed by atoms with Gasteiger partial charge in [-0.15, -0.1) is 6.58 Å². The molecule has 0 amide bonds. The Morgan fingerprint density at radius 3 is 2.92 bits per heavy atom. The van der Waals surface area contributed by atoms with Crippen molar-refractivity contribution in [3.05, 3.63) is 48.0 Å². The molecule has 70 valence electrons. The maximum Gasteiger partial charge on any atom is 0.0428 e. The van der Waals surface area contributed by atoms with Crippen molar-refractivity contribution < 1.29 is 0 Å². The Labute approximate surface area is 79.4 Å². The second kappa shape index (κ2) is 4.80. The van der Waals surface area contributed by atoms with Crippen LogP contribution in [0.25, 0.3) is 0 Å². The van der Waals surface area contributed by atoms with E-state index in [0.717, 1.165) is 6.42 Å². The van der Waals surface area contributed by atoms with Crippen molar-refractivity contribution in [2.45, 2.75) is 19.4 Å². The Bertz CT molecular complexity index is 281. The van der Waals surface area contributed by atoms with Crippen molar-refractivity contribution in [2.24, 2.45) is 5.84 Å².